The molecule has 0 aliphatic rings. The summed E-state index contributed by atoms with van der Waals surface area (Å²) in [7, 11) is 1.56. The van der Waals surface area contributed by atoms with Gasteiger partial charge in [-0.3, -0.25) is 0 Å². The second-order valence-electron chi connectivity index (χ2n) is 3.75. The van der Waals surface area contributed by atoms with Gasteiger partial charge in [0, 0.05) is 18.8 Å². The number of anilines is 2. The summed E-state index contributed by atoms with van der Waals surface area (Å²) in [6.45, 7) is 0. The molecular formula is C13H11ClF2N2. The van der Waals surface area contributed by atoms with Crippen molar-refractivity contribution in [3.8, 4) is 0 Å². The van der Waals surface area contributed by atoms with Crippen molar-refractivity contribution < 1.29 is 8.78 Å². The molecule has 0 atom stereocenters. The highest BCUT2D eigenvalue weighted by molar-refractivity contribution is 6.17. The number of rotatable bonds is 3. The Bertz CT molecular complexity index is 560. The van der Waals surface area contributed by atoms with Crippen LogP contribution in [0, 0.1) is 11.6 Å². The molecule has 0 saturated carbocycles. The smallest absolute Gasteiger partial charge is 0.170 e. The Hall–Kier alpha value is -1.68. The zero-order valence-electron chi connectivity index (χ0n) is 9.70. The number of hydrogen-bond donors (Lipinski definition) is 0. The van der Waals surface area contributed by atoms with Gasteiger partial charge < -0.3 is 4.90 Å². The fourth-order valence-electron chi connectivity index (χ4n) is 1.65. The number of hydrogen-bond acceptors (Lipinski definition) is 2. The van der Waals surface area contributed by atoms with E-state index in [-0.39, 0.29) is 17.4 Å². The SMILES string of the molecule is CN(c1ccccc1F)c1nccc(CCl)c1F. The molecular weight excluding hydrogens is 258 g/mol. The molecule has 0 saturated heterocycles. The second-order valence-corrected chi connectivity index (χ2v) is 4.02. The van der Waals surface area contributed by atoms with Crippen LogP contribution in [0.3, 0.4) is 0 Å². The zero-order valence-corrected chi connectivity index (χ0v) is 10.5. The monoisotopic (exact) mass is 268 g/mol. The number of alkyl halides is 1. The van der Waals surface area contributed by atoms with Gasteiger partial charge in [-0.15, -0.1) is 11.6 Å². The molecule has 0 N–H and O–H groups in total. The molecule has 0 aliphatic heterocycles. The number of benzene rings is 1. The van der Waals surface area contributed by atoms with Crippen LogP contribution in [0.25, 0.3) is 0 Å². The Labute approximate surface area is 109 Å². The fourth-order valence-corrected chi connectivity index (χ4v) is 1.85. The summed E-state index contributed by atoms with van der Waals surface area (Å²) in [6.07, 6.45) is 1.45. The maximum absolute atomic E-state index is 14.0. The molecule has 1 aromatic carbocycles. The third kappa shape index (κ3) is 2.29. The average molecular weight is 269 g/mol. The van der Waals surface area contributed by atoms with Crippen molar-refractivity contribution >= 4 is 23.1 Å². The molecule has 1 aromatic heterocycles. The van der Waals surface area contributed by atoms with Gasteiger partial charge in [-0.05, 0) is 18.2 Å². The van der Waals surface area contributed by atoms with Crippen molar-refractivity contribution in [3.05, 3.63) is 53.7 Å². The molecule has 0 fully saturated rings. The van der Waals surface area contributed by atoms with Crippen molar-refractivity contribution in [2.24, 2.45) is 0 Å². The molecule has 5 heteroatoms. The van der Waals surface area contributed by atoms with Gasteiger partial charge in [0.25, 0.3) is 0 Å². The lowest BCUT2D eigenvalue weighted by atomic mass is 10.2. The van der Waals surface area contributed by atoms with Gasteiger partial charge >= 0.3 is 0 Å². The molecule has 1 heterocycles. The van der Waals surface area contributed by atoms with E-state index in [0.717, 1.165) is 0 Å². The predicted octanol–water partition coefficient (Wildman–Crippen LogP) is 3.87. The molecule has 18 heavy (non-hydrogen) atoms. The lowest BCUT2D eigenvalue weighted by Gasteiger charge is -2.20. The maximum Gasteiger partial charge on any atom is 0.170 e. The summed E-state index contributed by atoms with van der Waals surface area (Å²) in [5.41, 5.74) is 0.598. The van der Waals surface area contributed by atoms with Gasteiger partial charge in [-0.1, -0.05) is 12.1 Å². The Kier molecular flexibility index (Phi) is 3.77. The first kappa shape index (κ1) is 12.8. The lowest BCUT2D eigenvalue weighted by molar-refractivity contribution is 0.605. The van der Waals surface area contributed by atoms with Gasteiger partial charge in [0.2, 0.25) is 0 Å². The third-order valence-electron chi connectivity index (χ3n) is 2.63. The van der Waals surface area contributed by atoms with Crippen LogP contribution in [0.15, 0.2) is 36.5 Å². The van der Waals surface area contributed by atoms with Crippen LogP contribution in [-0.2, 0) is 5.88 Å². The minimum absolute atomic E-state index is 0.0481. The van der Waals surface area contributed by atoms with E-state index >= 15 is 0 Å². The molecule has 0 unspecified atom stereocenters. The molecule has 2 nitrogen and oxygen atoms in total. The molecule has 0 radical (unpaired) electrons. The number of nitrogens with zero attached hydrogens (tertiary/aromatic N) is 2. The van der Waals surface area contributed by atoms with Crippen LogP contribution in [0.4, 0.5) is 20.3 Å². The topological polar surface area (TPSA) is 16.1 Å². The normalized spacial score (nSPS) is 10.4. The Morgan fingerprint density at radius 1 is 1.22 bits per heavy atom. The summed E-state index contributed by atoms with van der Waals surface area (Å²) >= 11 is 5.63. The number of halogens is 3. The summed E-state index contributed by atoms with van der Waals surface area (Å²) in [6, 6.07) is 7.63. The first-order valence-corrected chi connectivity index (χ1v) is 5.86. The summed E-state index contributed by atoms with van der Waals surface area (Å²) in [4.78, 5) is 5.29. The van der Waals surface area contributed by atoms with Crippen LogP contribution in [0.2, 0.25) is 0 Å². The Morgan fingerprint density at radius 3 is 2.61 bits per heavy atom. The Morgan fingerprint density at radius 2 is 1.94 bits per heavy atom. The molecule has 0 bridgehead atoms. The van der Waals surface area contributed by atoms with E-state index in [9.17, 15) is 8.78 Å². The maximum atomic E-state index is 14.0. The zero-order chi connectivity index (χ0) is 13.1. The minimum Gasteiger partial charge on any atom is -0.325 e. The van der Waals surface area contributed by atoms with Gasteiger partial charge in [0.05, 0.1) is 11.6 Å². The van der Waals surface area contributed by atoms with E-state index in [1.165, 1.54) is 23.2 Å². The average Bonchev–Trinajstić information content (AvgIpc) is 2.39. The van der Waals surface area contributed by atoms with Gasteiger partial charge in [0.1, 0.15) is 5.82 Å². The molecule has 0 spiro atoms. The Balaban J connectivity index is 2.47. The van der Waals surface area contributed by atoms with E-state index in [1.807, 2.05) is 0 Å². The van der Waals surface area contributed by atoms with Crippen molar-refractivity contribution in [2.45, 2.75) is 5.88 Å². The number of pyridine rings is 1. The predicted molar refractivity (Wildman–Crippen MR) is 68.2 cm³/mol. The first-order valence-electron chi connectivity index (χ1n) is 5.32. The van der Waals surface area contributed by atoms with Crippen molar-refractivity contribution in [1.29, 1.82) is 0 Å². The molecule has 0 aliphatic carbocycles. The van der Waals surface area contributed by atoms with Crippen LogP contribution in [0.5, 0.6) is 0 Å². The summed E-state index contributed by atoms with van der Waals surface area (Å²) in [5.74, 6) is -0.860. The molecule has 94 valence electrons. The number of para-hydroxylation sites is 1. The van der Waals surface area contributed by atoms with Crippen molar-refractivity contribution in [1.82, 2.24) is 4.98 Å². The van der Waals surface area contributed by atoms with Crippen LogP contribution in [0.1, 0.15) is 5.56 Å². The van der Waals surface area contributed by atoms with Gasteiger partial charge in [0.15, 0.2) is 11.6 Å². The second kappa shape index (κ2) is 5.31. The van der Waals surface area contributed by atoms with Crippen LogP contribution in [-0.4, -0.2) is 12.0 Å². The molecule has 2 aromatic rings. The first-order chi connectivity index (χ1) is 8.65. The van der Waals surface area contributed by atoms with E-state index in [0.29, 0.717) is 5.56 Å². The van der Waals surface area contributed by atoms with Crippen molar-refractivity contribution in [3.63, 3.8) is 0 Å². The van der Waals surface area contributed by atoms with E-state index < -0.39 is 11.6 Å². The van der Waals surface area contributed by atoms with E-state index in [2.05, 4.69) is 4.98 Å². The van der Waals surface area contributed by atoms with Crippen molar-refractivity contribution in [2.75, 3.05) is 11.9 Å². The van der Waals surface area contributed by atoms with E-state index in [4.69, 9.17) is 11.6 Å². The highest BCUT2D eigenvalue weighted by Gasteiger charge is 2.16. The summed E-state index contributed by atoms with van der Waals surface area (Å²) < 4.78 is 27.7. The minimum atomic E-state index is -0.529. The van der Waals surface area contributed by atoms with Gasteiger partial charge in [-0.25, -0.2) is 13.8 Å². The summed E-state index contributed by atoms with van der Waals surface area (Å²) in [5, 5.41) is 0. The number of aromatic nitrogens is 1. The highest BCUT2D eigenvalue weighted by Crippen LogP contribution is 2.28. The lowest BCUT2D eigenvalue weighted by Crippen LogP contribution is -2.15. The van der Waals surface area contributed by atoms with Crippen LogP contribution < -0.4 is 4.90 Å². The quantitative estimate of drug-likeness (QED) is 0.786. The van der Waals surface area contributed by atoms with Gasteiger partial charge in [-0.2, -0.15) is 0 Å². The standard InChI is InChI=1S/C13H11ClF2N2/c1-18(11-5-3-2-4-10(11)15)13-12(16)9(8-14)6-7-17-13/h2-7H,8H2,1H3. The largest absolute Gasteiger partial charge is 0.325 e. The fraction of sp³-hybridized carbons (Fsp3) is 0.154. The van der Waals surface area contributed by atoms with E-state index in [1.54, 1.807) is 25.2 Å². The molecule has 0 amide bonds. The third-order valence-corrected chi connectivity index (χ3v) is 2.91. The van der Waals surface area contributed by atoms with Crippen LogP contribution >= 0.6 is 11.6 Å². The highest BCUT2D eigenvalue weighted by atomic mass is 35.5. The molecule has 2 rings (SSSR count).